The van der Waals surface area contributed by atoms with Gasteiger partial charge in [0, 0.05) is 18.9 Å². The summed E-state index contributed by atoms with van der Waals surface area (Å²) >= 11 is 0. The van der Waals surface area contributed by atoms with Crippen molar-refractivity contribution < 1.29 is 14.4 Å². The molecular formula is C20H26N4O3. The van der Waals surface area contributed by atoms with Crippen molar-refractivity contribution >= 4 is 17.8 Å². The lowest BCUT2D eigenvalue weighted by molar-refractivity contribution is -0.141. The minimum Gasteiger partial charge on any atom is -0.334 e. The maximum atomic E-state index is 13.1. The van der Waals surface area contributed by atoms with Gasteiger partial charge in [-0.25, -0.2) is 4.79 Å². The number of amides is 4. The minimum absolute atomic E-state index is 0.0103. The molecule has 2 aliphatic heterocycles. The summed E-state index contributed by atoms with van der Waals surface area (Å²) in [6, 6.07) is 3.40. The SMILES string of the molecule is C[C@@H]1CCCC[C@@]12NC(=O)N(CC(=O)N1CCC[C@@H]1c1ccncc1)C2=O. The van der Waals surface area contributed by atoms with E-state index in [2.05, 4.69) is 10.3 Å². The minimum atomic E-state index is -0.814. The molecule has 3 atom stereocenters. The fourth-order valence-corrected chi connectivity index (χ4v) is 4.86. The summed E-state index contributed by atoms with van der Waals surface area (Å²) in [5, 5.41) is 2.92. The van der Waals surface area contributed by atoms with Crippen LogP contribution in [0.2, 0.25) is 0 Å². The fraction of sp³-hybridized carbons (Fsp3) is 0.600. The first-order valence-corrected chi connectivity index (χ1v) is 9.86. The molecule has 1 N–H and O–H groups in total. The zero-order chi connectivity index (χ0) is 19.0. The van der Waals surface area contributed by atoms with Gasteiger partial charge in [0.25, 0.3) is 5.91 Å². The maximum Gasteiger partial charge on any atom is 0.325 e. The number of aromatic nitrogens is 1. The summed E-state index contributed by atoms with van der Waals surface area (Å²) < 4.78 is 0. The van der Waals surface area contributed by atoms with Gasteiger partial charge in [-0.15, -0.1) is 0 Å². The van der Waals surface area contributed by atoms with E-state index in [-0.39, 0.29) is 30.3 Å². The molecule has 1 aromatic heterocycles. The lowest BCUT2D eigenvalue weighted by Gasteiger charge is -2.36. The summed E-state index contributed by atoms with van der Waals surface area (Å²) in [4.78, 5) is 45.5. The predicted molar refractivity (Wildman–Crippen MR) is 98.5 cm³/mol. The van der Waals surface area contributed by atoms with Crippen LogP contribution in [0.3, 0.4) is 0 Å². The Morgan fingerprint density at radius 1 is 1.22 bits per heavy atom. The number of rotatable bonds is 3. The Morgan fingerprint density at radius 3 is 2.74 bits per heavy atom. The van der Waals surface area contributed by atoms with Gasteiger partial charge in [-0.1, -0.05) is 19.8 Å². The van der Waals surface area contributed by atoms with Gasteiger partial charge in [0.1, 0.15) is 12.1 Å². The molecule has 0 unspecified atom stereocenters. The molecule has 1 saturated carbocycles. The van der Waals surface area contributed by atoms with Gasteiger partial charge >= 0.3 is 6.03 Å². The first-order chi connectivity index (χ1) is 13.0. The molecule has 1 aliphatic carbocycles. The van der Waals surface area contributed by atoms with Crippen LogP contribution in [-0.4, -0.2) is 51.3 Å². The van der Waals surface area contributed by atoms with E-state index in [9.17, 15) is 14.4 Å². The summed E-state index contributed by atoms with van der Waals surface area (Å²) in [7, 11) is 0. The third kappa shape index (κ3) is 2.99. The monoisotopic (exact) mass is 370 g/mol. The Hall–Kier alpha value is -2.44. The van der Waals surface area contributed by atoms with Crippen LogP contribution in [0.15, 0.2) is 24.5 Å². The number of hydrogen-bond donors (Lipinski definition) is 1. The molecule has 7 heteroatoms. The molecule has 2 saturated heterocycles. The molecule has 0 aromatic carbocycles. The number of imide groups is 1. The fourth-order valence-electron chi connectivity index (χ4n) is 4.86. The molecular weight excluding hydrogens is 344 g/mol. The molecule has 4 rings (SSSR count). The molecule has 144 valence electrons. The first-order valence-electron chi connectivity index (χ1n) is 9.86. The maximum absolute atomic E-state index is 13.1. The van der Waals surface area contributed by atoms with Crippen molar-refractivity contribution in [3.63, 3.8) is 0 Å². The highest BCUT2D eigenvalue weighted by atomic mass is 16.2. The van der Waals surface area contributed by atoms with Crippen molar-refractivity contribution in [2.24, 2.45) is 5.92 Å². The Morgan fingerprint density at radius 2 is 2.00 bits per heavy atom. The number of carbonyl (C=O) groups is 3. The summed E-state index contributed by atoms with van der Waals surface area (Å²) in [6.07, 6.45) is 8.83. The number of nitrogens with zero attached hydrogens (tertiary/aromatic N) is 3. The molecule has 4 amide bonds. The largest absolute Gasteiger partial charge is 0.334 e. The van der Waals surface area contributed by atoms with E-state index in [0.29, 0.717) is 13.0 Å². The molecule has 7 nitrogen and oxygen atoms in total. The van der Waals surface area contributed by atoms with Crippen molar-refractivity contribution in [3.05, 3.63) is 30.1 Å². The Labute approximate surface area is 159 Å². The van der Waals surface area contributed by atoms with Crippen LogP contribution in [-0.2, 0) is 9.59 Å². The van der Waals surface area contributed by atoms with Crippen molar-refractivity contribution in [1.29, 1.82) is 0 Å². The summed E-state index contributed by atoms with van der Waals surface area (Å²) in [6.45, 7) is 2.49. The molecule has 3 heterocycles. The second-order valence-corrected chi connectivity index (χ2v) is 7.97. The first kappa shape index (κ1) is 17.9. The number of pyridine rings is 1. The van der Waals surface area contributed by atoms with Crippen LogP contribution >= 0.6 is 0 Å². The molecule has 27 heavy (non-hydrogen) atoms. The predicted octanol–water partition coefficient (Wildman–Crippen LogP) is 2.25. The van der Waals surface area contributed by atoms with E-state index in [4.69, 9.17) is 0 Å². The molecule has 3 fully saturated rings. The van der Waals surface area contributed by atoms with E-state index in [1.165, 1.54) is 0 Å². The zero-order valence-corrected chi connectivity index (χ0v) is 15.7. The second kappa shape index (κ2) is 6.94. The van der Waals surface area contributed by atoms with Gasteiger partial charge in [-0.05, 0) is 49.3 Å². The van der Waals surface area contributed by atoms with Gasteiger partial charge in [-0.2, -0.15) is 0 Å². The van der Waals surface area contributed by atoms with Crippen LogP contribution in [0.25, 0.3) is 0 Å². The Bertz CT molecular complexity index is 753. The Balaban J connectivity index is 1.49. The van der Waals surface area contributed by atoms with Crippen molar-refractivity contribution in [1.82, 2.24) is 20.1 Å². The van der Waals surface area contributed by atoms with Gasteiger partial charge in [-0.3, -0.25) is 19.5 Å². The van der Waals surface area contributed by atoms with Gasteiger partial charge < -0.3 is 10.2 Å². The van der Waals surface area contributed by atoms with Gasteiger partial charge in [0.2, 0.25) is 5.91 Å². The number of likely N-dealkylation sites (tertiary alicyclic amines) is 1. The third-order valence-electron chi connectivity index (χ3n) is 6.46. The standard InChI is InChI=1S/C20H26N4O3/c1-14-5-2-3-9-20(14)18(26)24(19(27)22-20)13-17(25)23-12-4-6-16(23)15-7-10-21-11-8-15/h7-8,10-11,14,16H,2-6,9,12-13H2,1H3,(H,22,27)/t14-,16-,20-/m1/s1. The lowest BCUT2D eigenvalue weighted by Crippen LogP contribution is -2.54. The number of carbonyl (C=O) groups excluding carboxylic acids is 3. The molecule has 0 radical (unpaired) electrons. The smallest absolute Gasteiger partial charge is 0.325 e. The summed E-state index contributed by atoms with van der Waals surface area (Å²) in [5.41, 5.74) is 0.232. The quantitative estimate of drug-likeness (QED) is 0.827. The number of nitrogens with one attached hydrogen (secondary N) is 1. The third-order valence-corrected chi connectivity index (χ3v) is 6.46. The summed E-state index contributed by atoms with van der Waals surface area (Å²) in [5.74, 6) is -0.301. The van der Waals surface area contributed by atoms with Crippen molar-refractivity contribution in [2.45, 2.75) is 57.0 Å². The van der Waals surface area contributed by atoms with Crippen LogP contribution in [0.5, 0.6) is 0 Å². The highest BCUT2D eigenvalue weighted by molar-refractivity contribution is 6.09. The molecule has 1 spiro atoms. The van der Waals surface area contributed by atoms with Crippen LogP contribution < -0.4 is 5.32 Å². The molecule has 1 aromatic rings. The number of hydrogen-bond acceptors (Lipinski definition) is 4. The molecule has 3 aliphatic rings. The van der Waals surface area contributed by atoms with Crippen molar-refractivity contribution in [3.8, 4) is 0 Å². The van der Waals surface area contributed by atoms with Gasteiger partial charge in [0.15, 0.2) is 0 Å². The average Bonchev–Trinajstić information content (AvgIpc) is 3.25. The van der Waals surface area contributed by atoms with Crippen LogP contribution in [0.4, 0.5) is 4.79 Å². The van der Waals surface area contributed by atoms with Crippen LogP contribution in [0, 0.1) is 5.92 Å². The number of urea groups is 1. The van der Waals surface area contributed by atoms with E-state index in [0.717, 1.165) is 42.6 Å². The highest BCUT2D eigenvalue weighted by Gasteiger charge is 2.55. The lowest BCUT2D eigenvalue weighted by atomic mass is 9.73. The van der Waals surface area contributed by atoms with E-state index >= 15 is 0 Å². The van der Waals surface area contributed by atoms with E-state index in [1.807, 2.05) is 19.1 Å². The topological polar surface area (TPSA) is 82.6 Å². The highest BCUT2D eigenvalue weighted by Crippen LogP contribution is 2.38. The van der Waals surface area contributed by atoms with E-state index < -0.39 is 11.6 Å². The molecule has 0 bridgehead atoms. The van der Waals surface area contributed by atoms with Gasteiger partial charge in [0.05, 0.1) is 6.04 Å². The van der Waals surface area contributed by atoms with Crippen molar-refractivity contribution in [2.75, 3.05) is 13.1 Å². The van der Waals surface area contributed by atoms with Crippen LogP contribution in [0.1, 0.15) is 57.1 Å². The average molecular weight is 370 g/mol. The Kier molecular flexibility index (Phi) is 4.61. The normalized spacial score (nSPS) is 30.9. The second-order valence-electron chi connectivity index (χ2n) is 7.97. The van der Waals surface area contributed by atoms with E-state index in [1.54, 1.807) is 17.3 Å². The zero-order valence-electron chi connectivity index (χ0n) is 15.7.